The maximum Gasteiger partial charge on any atom is 0.271 e. The van der Waals surface area contributed by atoms with Crippen molar-refractivity contribution < 1.29 is 4.52 Å². The second-order valence-corrected chi connectivity index (χ2v) is 4.80. The molecule has 86 valence electrons. The molecule has 0 atom stereocenters. The summed E-state index contributed by atoms with van der Waals surface area (Å²) in [7, 11) is 0. The van der Waals surface area contributed by atoms with Gasteiger partial charge in [-0.15, -0.1) is 5.10 Å². The molecule has 2 aromatic heterocycles. The summed E-state index contributed by atoms with van der Waals surface area (Å²) in [6, 6.07) is 0. The Hall–Kier alpha value is -1.34. The van der Waals surface area contributed by atoms with Crippen molar-refractivity contribution in [3.8, 4) is 10.8 Å². The number of hydrogen-bond donors (Lipinski definition) is 1. The first-order chi connectivity index (χ1) is 7.52. The van der Waals surface area contributed by atoms with Crippen molar-refractivity contribution in [1.29, 1.82) is 0 Å². The van der Waals surface area contributed by atoms with Gasteiger partial charge in [0.25, 0.3) is 5.89 Å². The topological polar surface area (TPSA) is 90.7 Å². The summed E-state index contributed by atoms with van der Waals surface area (Å²) in [6.07, 6.45) is 0.787. The first kappa shape index (κ1) is 11.2. The molecule has 0 aromatic carbocycles. The first-order valence-corrected chi connectivity index (χ1v) is 5.74. The quantitative estimate of drug-likeness (QED) is 0.869. The Morgan fingerprint density at radius 2 is 2.19 bits per heavy atom. The Balaban J connectivity index is 2.39. The van der Waals surface area contributed by atoms with Gasteiger partial charge in [-0.1, -0.05) is 16.6 Å². The van der Waals surface area contributed by atoms with Crippen molar-refractivity contribution in [2.24, 2.45) is 5.73 Å². The van der Waals surface area contributed by atoms with E-state index in [2.05, 4.69) is 19.7 Å². The summed E-state index contributed by atoms with van der Waals surface area (Å²) in [4.78, 5) is 5.08. The van der Waals surface area contributed by atoms with E-state index < -0.39 is 5.54 Å². The highest BCUT2D eigenvalue weighted by Crippen LogP contribution is 2.26. The maximum absolute atomic E-state index is 5.88. The fraction of sp³-hybridized carbons (Fsp3) is 0.556. The van der Waals surface area contributed by atoms with Gasteiger partial charge < -0.3 is 10.3 Å². The van der Waals surface area contributed by atoms with E-state index >= 15 is 0 Å². The van der Waals surface area contributed by atoms with Gasteiger partial charge in [0.1, 0.15) is 4.88 Å². The molecule has 0 aliphatic carbocycles. The molecule has 16 heavy (non-hydrogen) atoms. The zero-order chi connectivity index (χ0) is 11.8. The number of rotatable bonds is 3. The molecule has 0 bridgehead atoms. The Kier molecular flexibility index (Phi) is 2.73. The lowest BCUT2D eigenvalue weighted by atomic mass is 10.1. The number of nitrogens with zero attached hydrogens (tertiary/aromatic N) is 4. The van der Waals surface area contributed by atoms with E-state index in [0.717, 1.165) is 17.0 Å². The molecule has 0 aliphatic heterocycles. The van der Waals surface area contributed by atoms with E-state index in [0.29, 0.717) is 11.7 Å². The van der Waals surface area contributed by atoms with Crippen LogP contribution in [0.1, 0.15) is 32.3 Å². The lowest BCUT2D eigenvalue weighted by Crippen LogP contribution is -2.30. The molecule has 0 unspecified atom stereocenters. The van der Waals surface area contributed by atoms with Gasteiger partial charge in [0.05, 0.1) is 11.2 Å². The number of aromatic nitrogens is 4. The van der Waals surface area contributed by atoms with Gasteiger partial charge >= 0.3 is 0 Å². The lowest BCUT2D eigenvalue weighted by Gasteiger charge is -2.11. The monoisotopic (exact) mass is 239 g/mol. The highest BCUT2D eigenvalue weighted by Gasteiger charge is 2.23. The Morgan fingerprint density at radius 3 is 2.75 bits per heavy atom. The molecule has 0 spiro atoms. The van der Waals surface area contributed by atoms with E-state index in [-0.39, 0.29) is 0 Å². The van der Waals surface area contributed by atoms with Crippen molar-refractivity contribution in [1.82, 2.24) is 19.7 Å². The summed E-state index contributed by atoms with van der Waals surface area (Å²) < 4.78 is 9.04. The van der Waals surface area contributed by atoms with Crippen LogP contribution in [0.15, 0.2) is 4.52 Å². The summed E-state index contributed by atoms with van der Waals surface area (Å²) in [5.41, 5.74) is 6.15. The fourth-order valence-electron chi connectivity index (χ4n) is 1.18. The molecule has 0 amide bonds. The molecule has 2 N–H and O–H groups in total. The number of nitrogens with two attached hydrogens (primary N) is 1. The predicted molar refractivity (Wildman–Crippen MR) is 59.8 cm³/mol. The fourth-order valence-corrected chi connectivity index (χ4v) is 1.85. The molecular formula is C9H13N5OS. The van der Waals surface area contributed by atoms with Crippen molar-refractivity contribution in [3.05, 3.63) is 11.5 Å². The van der Waals surface area contributed by atoms with Crippen LogP contribution in [-0.4, -0.2) is 19.7 Å². The first-order valence-electron chi connectivity index (χ1n) is 4.97. The van der Waals surface area contributed by atoms with Crippen LogP contribution in [0.2, 0.25) is 0 Å². The SMILES string of the molecule is CCc1nnsc1-c1nc(C(C)(C)N)no1. The molecule has 0 fully saturated rings. The molecule has 2 heterocycles. The molecule has 7 heteroatoms. The summed E-state index contributed by atoms with van der Waals surface area (Å²) in [5.74, 6) is 0.929. The van der Waals surface area contributed by atoms with Crippen LogP contribution in [0, 0.1) is 0 Å². The van der Waals surface area contributed by atoms with Crippen LogP contribution in [0.4, 0.5) is 0 Å². The average Bonchev–Trinajstić information content (AvgIpc) is 2.84. The van der Waals surface area contributed by atoms with Gasteiger partial charge in [0, 0.05) is 0 Å². The molecule has 0 aliphatic rings. The molecule has 6 nitrogen and oxygen atoms in total. The van der Waals surface area contributed by atoms with Gasteiger partial charge in [-0.3, -0.25) is 0 Å². The lowest BCUT2D eigenvalue weighted by molar-refractivity contribution is 0.397. The van der Waals surface area contributed by atoms with Gasteiger partial charge in [-0.2, -0.15) is 4.98 Å². The van der Waals surface area contributed by atoms with Crippen LogP contribution in [0.5, 0.6) is 0 Å². The van der Waals surface area contributed by atoms with E-state index in [1.54, 1.807) is 0 Å². The van der Waals surface area contributed by atoms with Crippen LogP contribution < -0.4 is 5.73 Å². The zero-order valence-corrected chi connectivity index (χ0v) is 10.2. The summed E-state index contributed by atoms with van der Waals surface area (Å²) in [5, 5.41) is 7.85. The molecule has 0 saturated heterocycles. The second kappa shape index (κ2) is 3.91. The minimum Gasteiger partial charge on any atom is -0.333 e. The Labute approximate surface area is 97.0 Å². The number of aryl methyl sites for hydroxylation is 1. The van der Waals surface area contributed by atoms with E-state index in [1.807, 2.05) is 20.8 Å². The number of hydrogen-bond acceptors (Lipinski definition) is 7. The van der Waals surface area contributed by atoms with Crippen molar-refractivity contribution in [2.75, 3.05) is 0 Å². The van der Waals surface area contributed by atoms with Crippen molar-refractivity contribution in [3.63, 3.8) is 0 Å². The predicted octanol–water partition coefficient (Wildman–Crippen LogP) is 1.34. The van der Waals surface area contributed by atoms with Crippen LogP contribution in [-0.2, 0) is 12.0 Å². The molecule has 0 saturated carbocycles. The highest BCUT2D eigenvalue weighted by atomic mass is 32.1. The van der Waals surface area contributed by atoms with Crippen molar-refractivity contribution in [2.45, 2.75) is 32.7 Å². The van der Waals surface area contributed by atoms with Crippen LogP contribution in [0.3, 0.4) is 0 Å². The summed E-state index contributed by atoms with van der Waals surface area (Å²) in [6.45, 7) is 5.66. The zero-order valence-electron chi connectivity index (χ0n) is 9.39. The standard InChI is InChI=1S/C9H13N5OS/c1-4-5-6(16-14-12-5)7-11-8(13-15-7)9(2,3)10/h4,10H2,1-3H3. The van der Waals surface area contributed by atoms with Gasteiger partial charge in [0.15, 0.2) is 5.82 Å². The molecular weight excluding hydrogens is 226 g/mol. The van der Waals surface area contributed by atoms with Crippen LogP contribution >= 0.6 is 11.5 Å². The third-order valence-corrected chi connectivity index (χ3v) is 2.84. The smallest absolute Gasteiger partial charge is 0.271 e. The Bertz CT molecular complexity index is 484. The summed E-state index contributed by atoms with van der Waals surface area (Å²) >= 11 is 1.25. The third-order valence-electron chi connectivity index (χ3n) is 2.09. The van der Waals surface area contributed by atoms with E-state index in [4.69, 9.17) is 10.3 Å². The third kappa shape index (κ3) is 1.96. The van der Waals surface area contributed by atoms with E-state index in [9.17, 15) is 0 Å². The second-order valence-electron chi connectivity index (χ2n) is 4.05. The van der Waals surface area contributed by atoms with Crippen LogP contribution in [0.25, 0.3) is 10.8 Å². The molecule has 2 rings (SSSR count). The highest BCUT2D eigenvalue weighted by molar-refractivity contribution is 7.09. The normalized spacial score (nSPS) is 12.0. The minimum atomic E-state index is -0.605. The van der Waals surface area contributed by atoms with Gasteiger partial charge in [0.2, 0.25) is 0 Å². The molecule has 2 aromatic rings. The van der Waals surface area contributed by atoms with E-state index in [1.165, 1.54) is 11.5 Å². The van der Waals surface area contributed by atoms with Gasteiger partial charge in [-0.05, 0) is 31.8 Å². The van der Waals surface area contributed by atoms with Crippen molar-refractivity contribution >= 4 is 11.5 Å². The maximum atomic E-state index is 5.88. The largest absolute Gasteiger partial charge is 0.333 e. The minimum absolute atomic E-state index is 0.445. The Morgan fingerprint density at radius 1 is 1.44 bits per heavy atom. The molecule has 0 radical (unpaired) electrons. The van der Waals surface area contributed by atoms with Gasteiger partial charge in [-0.25, -0.2) is 0 Å². The average molecular weight is 239 g/mol.